The molecule has 1 saturated heterocycles. The van der Waals surface area contributed by atoms with E-state index in [4.69, 9.17) is 4.74 Å². The van der Waals surface area contributed by atoms with Crippen LogP contribution < -0.4 is 19.3 Å². The lowest BCUT2D eigenvalue weighted by molar-refractivity contribution is 0.315. The third kappa shape index (κ3) is 4.09. The zero-order chi connectivity index (χ0) is 20.6. The molecule has 0 aliphatic carbocycles. The van der Waals surface area contributed by atoms with Crippen molar-refractivity contribution in [2.75, 3.05) is 54.8 Å². The maximum atomic E-state index is 13.5. The Bertz CT molecular complexity index is 1130. The van der Waals surface area contributed by atoms with Crippen LogP contribution in [0.2, 0.25) is 0 Å². The summed E-state index contributed by atoms with van der Waals surface area (Å²) in [7, 11) is -7.80. The largest absolute Gasteiger partial charge is 0.487 e. The second-order valence-electron chi connectivity index (χ2n) is 7.01. The van der Waals surface area contributed by atoms with Gasteiger partial charge in [-0.3, -0.25) is 4.31 Å². The van der Waals surface area contributed by atoms with E-state index < -0.39 is 19.9 Å². The van der Waals surface area contributed by atoms with Crippen molar-refractivity contribution in [2.45, 2.75) is 9.79 Å². The van der Waals surface area contributed by atoms with Crippen molar-refractivity contribution >= 4 is 43.6 Å². The molecule has 0 amide bonds. The number of sulfone groups is 1. The van der Waals surface area contributed by atoms with Gasteiger partial charge in [-0.15, -0.1) is 12.4 Å². The first kappa shape index (κ1) is 22.7. The van der Waals surface area contributed by atoms with Gasteiger partial charge in [0, 0.05) is 32.4 Å². The standard InChI is InChI=1S/C19H23N3O5S2.ClH/c1-28(23,24)17-7-2-3-8-18(17)29(25,26)22-13-14-27-19-15(5-4-6-16(19)22)21-11-9-20-10-12-21;/h2-8,20H,9-14H2,1H3;1H. The van der Waals surface area contributed by atoms with E-state index in [-0.39, 0.29) is 35.3 Å². The lowest BCUT2D eigenvalue weighted by Crippen LogP contribution is -2.44. The van der Waals surface area contributed by atoms with E-state index in [9.17, 15) is 16.8 Å². The molecule has 164 valence electrons. The summed E-state index contributed by atoms with van der Waals surface area (Å²) < 4.78 is 58.4. The predicted molar refractivity (Wildman–Crippen MR) is 118 cm³/mol. The molecule has 2 aliphatic heterocycles. The first-order valence-corrected chi connectivity index (χ1v) is 12.7. The summed E-state index contributed by atoms with van der Waals surface area (Å²) in [6, 6.07) is 11.1. The van der Waals surface area contributed by atoms with Crippen LogP contribution in [0, 0.1) is 0 Å². The van der Waals surface area contributed by atoms with E-state index in [1.807, 2.05) is 6.07 Å². The van der Waals surface area contributed by atoms with Crippen LogP contribution in [0.4, 0.5) is 11.4 Å². The number of hydrogen-bond donors (Lipinski definition) is 1. The maximum Gasteiger partial charge on any atom is 0.265 e. The molecule has 0 bridgehead atoms. The van der Waals surface area contributed by atoms with Gasteiger partial charge in [0.2, 0.25) is 0 Å². The molecule has 1 fully saturated rings. The predicted octanol–water partition coefficient (Wildman–Crippen LogP) is 1.51. The Morgan fingerprint density at radius 2 is 1.50 bits per heavy atom. The quantitative estimate of drug-likeness (QED) is 0.719. The van der Waals surface area contributed by atoms with E-state index >= 15 is 0 Å². The Labute approximate surface area is 183 Å². The average Bonchev–Trinajstić information content (AvgIpc) is 2.73. The van der Waals surface area contributed by atoms with Crippen molar-refractivity contribution < 1.29 is 21.6 Å². The normalized spacial score (nSPS) is 17.0. The highest BCUT2D eigenvalue weighted by atomic mass is 35.5. The van der Waals surface area contributed by atoms with E-state index in [0.29, 0.717) is 11.4 Å². The zero-order valence-corrected chi connectivity index (χ0v) is 18.9. The minimum absolute atomic E-state index is 0. The van der Waals surface area contributed by atoms with Gasteiger partial charge in [-0.2, -0.15) is 0 Å². The van der Waals surface area contributed by atoms with Crippen molar-refractivity contribution in [2.24, 2.45) is 0 Å². The highest BCUT2D eigenvalue weighted by Crippen LogP contribution is 2.43. The van der Waals surface area contributed by atoms with Crippen LogP contribution in [-0.4, -0.2) is 62.4 Å². The molecule has 2 heterocycles. The molecule has 0 spiro atoms. The molecule has 2 aromatic carbocycles. The van der Waals surface area contributed by atoms with Crippen LogP contribution in [0.15, 0.2) is 52.3 Å². The van der Waals surface area contributed by atoms with Gasteiger partial charge in [-0.1, -0.05) is 18.2 Å². The topological polar surface area (TPSA) is 96.0 Å². The molecule has 2 aromatic rings. The average molecular weight is 474 g/mol. The number of sulfonamides is 1. The third-order valence-corrected chi connectivity index (χ3v) is 8.21. The first-order chi connectivity index (χ1) is 13.8. The third-order valence-electron chi connectivity index (χ3n) is 5.06. The monoisotopic (exact) mass is 473 g/mol. The number of hydrogen-bond acceptors (Lipinski definition) is 7. The molecule has 0 radical (unpaired) electrons. The summed E-state index contributed by atoms with van der Waals surface area (Å²) in [6.45, 7) is 3.57. The number of nitrogens with one attached hydrogen (secondary N) is 1. The number of ether oxygens (including phenoxy) is 1. The molecular formula is C19H24ClN3O5S2. The summed E-state index contributed by atoms with van der Waals surface area (Å²) in [5.41, 5.74) is 1.27. The van der Waals surface area contributed by atoms with Gasteiger partial charge in [0.1, 0.15) is 11.5 Å². The van der Waals surface area contributed by atoms with E-state index in [0.717, 1.165) is 38.1 Å². The Kier molecular flexibility index (Phi) is 6.51. The Balaban J connectivity index is 0.00000256. The molecule has 0 aromatic heterocycles. The highest BCUT2D eigenvalue weighted by molar-refractivity contribution is 7.95. The van der Waals surface area contributed by atoms with Gasteiger partial charge in [-0.05, 0) is 24.3 Å². The minimum Gasteiger partial charge on any atom is -0.487 e. The maximum absolute atomic E-state index is 13.5. The summed E-state index contributed by atoms with van der Waals surface area (Å²) in [6.07, 6.45) is 1.01. The zero-order valence-electron chi connectivity index (χ0n) is 16.4. The minimum atomic E-state index is -4.09. The Morgan fingerprint density at radius 1 is 0.867 bits per heavy atom. The van der Waals surface area contributed by atoms with Crippen molar-refractivity contribution in [1.29, 1.82) is 0 Å². The summed E-state index contributed by atoms with van der Waals surface area (Å²) in [5.74, 6) is 0.515. The SMILES string of the molecule is CS(=O)(=O)c1ccccc1S(=O)(=O)N1CCOc2c(N3CCNCC3)cccc21.Cl. The molecule has 0 atom stereocenters. The lowest BCUT2D eigenvalue weighted by Gasteiger charge is -2.36. The van der Waals surface area contributed by atoms with Gasteiger partial charge < -0.3 is 15.0 Å². The molecule has 0 unspecified atom stereocenters. The fourth-order valence-corrected chi connectivity index (χ4v) is 6.76. The summed E-state index contributed by atoms with van der Waals surface area (Å²) >= 11 is 0. The van der Waals surface area contributed by atoms with Crippen LogP contribution in [0.1, 0.15) is 0 Å². The summed E-state index contributed by atoms with van der Waals surface area (Å²) in [4.78, 5) is 1.74. The molecule has 1 N–H and O–H groups in total. The smallest absolute Gasteiger partial charge is 0.265 e. The molecule has 0 saturated carbocycles. The Morgan fingerprint density at radius 3 is 2.17 bits per heavy atom. The number of benzene rings is 2. The fourth-order valence-electron chi connectivity index (χ4n) is 3.70. The molecular weight excluding hydrogens is 450 g/mol. The van der Waals surface area contributed by atoms with E-state index in [1.165, 1.54) is 28.6 Å². The van der Waals surface area contributed by atoms with Crippen molar-refractivity contribution in [3.05, 3.63) is 42.5 Å². The van der Waals surface area contributed by atoms with Gasteiger partial charge >= 0.3 is 0 Å². The first-order valence-electron chi connectivity index (χ1n) is 9.33. The highest BCUT2D eigenvalue weighted by Gasteiger charge is 2.35. The van der Waals surface area contributed by atoms with Crippen LogP contribution in [0.3, 0.4) is 0 Å². The van der Waals surface area contributed by atoms with Gasteiger partial charge in [-0.25, -0.2) is 16.8 Å². The van der Waals surface area contributed by atoms with Gasteiger partial charge in [0.15, 0.2) is 15.6 Å². The Hall–Kier alpha value is -2.01. The fraction of sp³-hybridized carbons (Fsp3) is 0.368. The second kappa shape index (κ2) is 8.62. The number of fused-ring (bicyclic) bond motifs is 1. The number of piperazine rings is 1. The number of halogens is 1. The van der Waals surface area contributed by atoms with Crippen molar-refractivity contribution in [1.82, 2.24) is 5.32 Å². The van der Waals surface area contributed by atoms with Crippen LogP contribution in [0.5, 0.6) is 5.75 Å². The lowest BCUT2D eigenvalue weighted by atomic mass is 10.2. The van der Waals surface area contributed by atoms with Crippen LogP contribution >= 0.6 is 12.4 Å². The molecule has 2 aliphatic rings. The number of para-hydroxylation sites is 1. The van der Waals surface area contributed by atoms with Crippen LogP contribution in [-0.2, 0) is 19.9 Å². The van der Waals surface area contributed by atoms with E-state index in [1.54, 1.807) is 12.1 Å². The van der Waals surface area contributed by atoms with Crippen LogP contribution in [0.25, 0.3) is 0 Å². The summed E-state index contributed by atoms with van der Waals surface area (Å²) in [5, 5.41) is 3.29. The van der Waals surface area contributed by atoms with Crippen molar-refractivity contribution in [3.8, 4) is 5.75 Å². The van der Waals surface area contributed by atoms with Gasteiger partial charge in [0.25, 0.3) is 10.0 Å². The van der Waals surface area contributed by atoms with E-state index in [2.05, 4.69) is 10.2 Å². The second-order valence-corrected chi connectivity index (χ2v) is 10.8. The molecule has 11 heteroatoms. The molecule has 30 heavy (non-hydrogen) atoms. The number of nitrogens with zero attached hydrogens (tertiary/aromatic N) is 2. The van der Waals surface area contributed by atoms with Gasteiger partial charge in [0.05, 0.1) is 22.8 Å². The number of anilines is 2. The molecule has 4 rings (SSSR count). The van der Waals surface area contributed by atoms with Crippen molar-refractivity contribution in [3.63, 3.8) is 0 Å². The molecule has 8 nitrogen and oxygen atoms in total. The number of rotatable bonds is 4.